The second kappa shape index (κ2) is 29.5. The third-order valence-corrected chi connectivity index (χ3v) is 34.4. The monoisotopic (exact) mass is 1520 g/mol. The van der Waals surface area contributed by atoms with Gasteiger partial charge in [0, 0.05) is 45.6 Å². The third-order valence-electron chi connectivity index (χ3n) is 34.4. The van der Waals surface area contributed by atoms with E-state index in [0.29, 0.717) is 28.9 Å². The first-order chi connectivity index (χ1) is 49.6. The quantitative estimate of drug-likeness (QED) is 0.0548. The fourth-order valence-corrected chi connectivity index (χ4v) is 26.8. The van der Waals surface area contributed by atoms with Gasteiger partial charge in [0.25, 0.3) is 0 Å². The molecule has 0 aromatic heterocycles. The number of nitrogens with two attached hydrogens (primary N) is 2. The predicted octanol–water partition coefficient (Wildman–Crippen LogP) is 13.9. The minimum absolute atomic E-state index is 0. The molecule has 0 aromatic carbocycles. The Morgan fingerprint density at radius 3 is 1.14 bits per heavy atom. The van der Waals surface area contributed by atoms with E-state index in [1.165, 1.54) is 23.1 Å². The van der Waals surface area contributed by atoms with Gasteiger partial charge in [-0.05, 0) is 295 Å². The van der Waals surface area contributed by atoms with Crippen molar-refractivity contribution in [2.24, 2.45) is 105 Å². The molecular formula is C91H133N6NaO12. The Morgan fingerprint density at radius 2 is 0.791 bits per heavy atom. The van der Waals surface area contributed by atoms with Crippen molar-refractivity contribution in [2.75, 3.05) is 20.8 Å². The van der Waals surface area contributed by atoms with Gasteiger partial charge in [-0.3, -0.25) is 19.2 Å². The summed E-state index contributed by atoms with van der Waals surface area (Å²) in [6.07, 6.45) is 41.6. The standard InChI is InChI=1S/C30H42N2O4.C29H40N2O3.C29H37NO3.CH4O.CH3O.CH4.H3N.Na/c1-25-9-11-26(2,32-24(31)36)16-22(25)30(6)14-12-27(3)19-15-20(34)23(35)28(4,17-33)18(19)7-8-21(27)29(30,5)13-10-25;1-17-18-7-8-21-27(4,19(18)15-20(32)23(17)33)12-14-29(6)22-16-26(3,31-24(30)34)11-9-25(22,2)10-13-28(21,29)5;1-18-19-7-8-22-27(4,20(19)15-21(32)24(18)33)12-14-29(6)23-16-26(3,30-17-31)11-9-25(23,2)10-13-28(22,29)5;2*1-2;;;/h7-8,15,22,33H,9-14,16-17H2,1-6H3,(H3,31,32,36);7-8,15,22,33H,9-14,16H2,1-6H3,(H3,30,31,34);7-8,15,23,33H,9-14,16H2,1-6H3;2H,1H3;1H3;1H4;1H3;/q;;;;-1;;;+1/t22-,25-,26-,27+,28+,29-,30+;22-,25-,26-,27+,28-,29+;23-,25-,26-,27+,28-,29+;;;;;/m111...../s1. The summed E-state index contributed by atoms with van der Waals surface area (Å²) in [6.45, 7) is 40.4. The van der Waals surface area contributed by atoms with Crippen molar-refractivity contribution in [3.05, 3.63) is 128 Å². The number of rotatable bonds is 4. The summed E-state index contributed by atoms with van der Waals surface area (Å²) in [6, 6.07) is -0.886. The summed E-state index contributed by atoms with van der Waals surface area (Å²) in [4.78, 5) is 90.0. The predicted molar refractivity (Wildman–Crippen MR) is 428 cm³/mol. The van der Waals surface area contributed by atoms with Crippen LogP contribution in [0.15, 0.2) is 132 Å². The average molecular weight is 1530 g/mol. The summed E-state index contributed by atoms with van der Waals surface area (Å²) in [7, 11) is 1.75. The number of hydrogen-bond acceptors (Lipinski definition) is 14. The molecule has 110 heavy (non-hydrogen) atoms. The van der Waals surface area contributed by atoms with E-state index >= 15 is 0 Å². The van der Waals surface area contributed by atoms with Crippen LogP contribution >= 0.6 is 0 Å². The molecule has 18 nitrogen and oxygen atoms in total. The van der Waals surface area contributed by atoms with Crippen molar-refractivity contribution in [2.45, 2.75) is 284 Å². The Labute approximate surface area is 678 Å². The van der Waals surface area contributed by atoms with Gasteiger partial charge in [-0.2, -0.15) is 12.1 Å². The fraction of sp³-hybridized carbons (Fsp3) is 0.681. The third kappa shape index (κ3) is 12.9. The van der Waals surface area contributed by atoms with E-state index in [2.05, 4.69) is 150 Å². The number of isocyanates is 1. The number of aliphatic imine (C=N–C) groups is 1. The van der Waals surface area contributed by atoms with E-state index in [9.17, 15) is 48.9 Å². The number of aliphatic hydroxyl groups excluding tert-OH is 4. The fourth-order valence-electron chi connectivity index (χ4n) is 26.8. The smallest absolute Gasteiger partial charge is 0.857 e. The minimum Gasteiger partial charge on any atom is -0.857 e. The molecule has 4 amide bonds. The van der Waals surface area contributed by atoms with Crippen LogP contribution in [-0.2, 0) is 24.0 Å². The topological polar surface area (TPSA) is 347 Å². The van der Waals surface area contributed by atoms with Crippen LogP contribution in [0.5, 0.6) is 0 Å². The molecule has 0 heterocycles. The maximum absolute atomic E-state index is 12.8. The summed E-state index contributed by atoms with van der Waals surface area (Å²) in [5, 5.41) is 52.2. The minimum atomic E-state index is -1.19. The largest absolute Gasteiger partial charge is 1.00 e. The first kappa shape index (κ1) is 89.7. The molecule has 15 aliphatic rings. The van der Waals surface area contributed by atoms with E-state index < -0.39 is 29.0 Å². The number of ketones is 4. The van der Waals surface area contributed by atoms with Crippen molar-refractivity contribution < 1.29 is 88.7 Å². The zero-order valence-corrected chi connectivity index (χ0v) is 71.8. The summed E-state index contributed by atoms with van der Waals surface area (Å²) < 4.78 is 0. The number of amides is 4. The number of fused-ring (bicyclic) bond motifs is 21. The van der Waals surface area contributed by atoms with Gasteiger partial charge in [0.2, 0.25) is 29.2 Å². The molecule has 0 bridgehead atoms. The van der Waals surface area contributed by atoms with Gasteiger partial charge >= 0.3 is 41.6 Å². The molecule has 0 aromatic rings. The SMILES string of the molecule is C.CC1=C(O)C(=O)C=C2C1=CC=C1[C@@]2(C)CC[C@@]2(C)[C@@H]3C[C@](C)(N=C=O)CC[C@]3(C)CC[C@]12C.CC1=C(O)C(=O)C=C2C1=CC=C1[C@@]2(C)CC[C@@]2(C)[C@@H]3C[C@](C)(NC(N)=O)CC[C@]3(C)CC[C@]12C.CO.C[C@@]1(NC(N)=O)CC[C@]2(C)CC[C@]3(C)C4=CC=C5C(=CC(=O)C(=O)[C@@]5(C)CO)[C@]4(C)CC[C@@]3(C)[C@@H]2C1.C[O-].N.[Na+]. The maximum atomic E-state index is 12.8. The number of nitrogens with zero attached hydrogens (tertiary/aromatic N) is 1. The molecule has 9 fully saturated rings. The summed E-state index contributed by atoms with van der Waals surface area (Å²) in [5.74, 6) is -0.468. The van der Waals surface area contributed by atoms with Gasteiger partial charge in [0.1, 0.15) is 0 Å². The van der Waals surface area contributed by atoms with Gasteiger partial charge < -0.3 is 53.8 Å². The number of hydrogen-bond donors (Lipinski definition) is 9. The molecule has 9 saturated carbocycles. The van der Waals surface area contributed by atoms with Crippen LogP contribution in [0.25, 0.3) is 0 Å². The van der Waals surface area contributed by atoms with Crippen LogP contribution in [0.3, 0.4) is 0 Å². The normalized spacial score (nSPS) is 43.8. The molecule has 0 saturated heterocycles. The Balaban J connectivity index is 0.000000200. The molecule has 0 unspecified atom stereocenters. The van der Waals surface area contributed by atoms with Gasteiger partial charge in [-0.25, -0.2) is 14.4 Å². The number of primary amides is 2. The Morgan fingerprint density at radius 1 is 0.473 bits per heavy atom. The molecule has 15 rings (SSSR count). The van der Waals surface area contributed by atoms with Gasteiger partial charge in [0.05, 0.1) is 17.6 Å². The van der Waals surface area contributed by atoms with Crippen molar-refractivity contribution in [1.82, 2.24) is 16.8 Å². The van der Waals surface area contributed by atoms with E-state index in [0.717, 1.165) is 176 Å². The Kier molecular flexibility index (Phi) is 24.0. The summed E-state index contributed by atoms with van der Waals surface area (Å²) in [5.41, 5.74) is 20.5. The van der Waals surface area contributed by atoms with Crippen molar-refractivity contribution in [1.29, 1.82) is 0 Å². The molecule has 600 valence electrons. The molecule has 15 aliphatic carbocycles. The van der Waals surface area contributed by atoms with Gasteiger partial charge in [-0.1, -0.05) is 144 Å². The number of urea groups is 2. The number of aliphatic hydroxyl groups is 4. The van der Waals surface area contributed by atoms with Gasteiger partial charge in [-0.15, -0.1) is 0 Å². The molecule has 19 heteroatoms. The first-order valence-electron chi connectivity index (χ1n) is 39.8. The Bertz CT molecular complexity index is 4300. The van der Waals surface area contributed by atoms with Crippen molar-refractivity contribution in [3.63, 3.8) is 0 Å². The van der Waals surface area contributed by atoms with Crippen LogP contribution in [0, 0.1) is 88.1 Å². The van der Waals surface area contributed by atoms with Gasteiger partial charge in [0.15, 0.2) is 11.5 Å². The number of Topliss-reactive ketones (excluding diaryl/α,β-unsaturated/α-hetero) is 1. The van der Waals surface area contributed by atoms with Crippen LogP contribution < -0.4 is 62.9 Å². The van der Waals surface area contributed by atoms with Crippen LogP contribution in [0.1, 0.15) is 267 Å². The molecule has 0 spiro atoms. The molecule has 13 N–H and O–H groups in total. The average Bonchev–Trinajstić information content (AvgIpc) is 0.687. The van der Waals surface area contributed by atoms with E-state index in [1.54, 1.807) is 25.2 Å². The molecule has 0 aliphatic heterocycles. The van der Waals surface area contributed by atoms with Crippen molar-refractivity contribution in [3.8, 4) is 0 Å². The zero-order chi connectivity index (χ0) is 79.5. The number of nitrogens with one attached hydrogen (secondary N) is 2. The number of carbonyl (C=O) groups excluding carboxylic acids is 7. The molecule has 0 radical (unpaired) electrons. The first-order valence-corrected chi connectivity index (χ1v) is 39.8. The van der Waals surface area contributed by atoms with E-state index in [-0.39, 0.29) is 154 Å². The van der Waals surface area contributed by atoms with Crippen molar-refractivity contribution >= 4 is 41.3 Å². The number of allylic oxidation sites excluding steroid dienone is 19. The van der Waals surface area contributed by atoms with Crippen LogP contribution in [-0.4, -0.2) is 99.1 Å². The van der Waals surface area contributed by atoms with Crippen LogP contribution in [0.2, 0.25) is 0 Å². The van der Waals surface area contributed by atoms with E-state index in [4.69, 9.17) is 21.7 Å². The maximum Gasteiger partial charge on any atom is 1.00 e. The van der Waals surface area contributed by atoms with E-state index in [1.807, 2.05) is 26.0 Å². The molecule has 19 atom stereocenters. The Hall–Kier alpha value is -5.82. The second-order valence-corrected chi connectivity index (χ2v) is 39.8. The zero-order valence-electron chi connectivity index (χ0n) is 69.8. The number of carbonyl (C=O) groups is 6. The van der Waals surface area contributed by atoms with Crippen LogP contribution in [0.4, 0.5) is 9.59 Å². The molecular weight excluding hydrogens is 1390 g/mol. The summed E-state index contributed by atoms with van der Waals surface area (Å²) >= 11 is 0. The second-order valence-electron chi connectivity index (χ2n) is 39.8.